The highest BCUT2D eigenvalue weighted by molar-refractivity contribution is 9.10. The summed E-state index contributed by atoms with van der Waals surface area (Å²) >= 11 is 3.52. The average Bonchev–Trinajstić information content (AvgIpc) is 2.99. The number of carbonyl (C=O) groups is 1. The van der Waals surface area contributed by atoms with Crippen LogP contribution in [-0.4, -0.2) is 13.5 Å². The molecule has 0 radical (unpaired) electrons. The van der Waals surface area contributed by atoms with Crippen LogP contribution in [0.2, 0.25) is 0 Å². The minimum atomic E-state index is 0.403. The van der Waals surface area contributed by atoms with Gasteiger partial charge in [0.15, 0.2) is 0 Å². The van der Waals surface area contributed by atoms with Crippen LogP contribution < -0.4 is 22.1 Å². The molecular formula is C14H17BrN4O2. The number of rotatable bonds is 4. The first kappa shape index (κ1) is 17.0. The van der Waals surface area contributed by atoms with Crippen molar-refractivity contribution >= 4 is 40.2 Å². The van der Waals surface area contributed by atoms with Crippen LogP contribution in [0.3, 0.4) is 0 Å². The van der Waals surface area contributed by atoms with Crippen molar-refractivity contribution in [3.05, 3.63) is 52.4 Å². The highest BCUT2D eigenvalue weighted by atomic mass is 79.9. The largest absolute Gasteiger partial charge is 0.465 e. The summed E-state index contributed by atoms with van der Waals surface area (Å²) in [4.78, 5) is 8.94. The third-order valence-corrected chi connectivity index (χ3v) is 3.13. The van der Waals surface area contributed by atoms with Gasteiger partial charge in [-0.3, -0.25) is 10.2 Å². The second-order valence-electron chi connectivity index (χ2n) is 3.92. The quantitative estimate of drug-likeness (QED) is 0.339. The average molecular weight is 353 g/mol. The number of nitrogens with zero attached hydrogens (tertiary/aromatic N) is 1. The number of nitrogens with two attached hydrogens (primary N) is 2. The van der Waals surface area contributed by atoms with E-state index in [1.165, 1.54) is 0 Å². The molecule has 112 valence electrons. The van der Waals surface area contributed by atoms with E-state index in [9.17, 15) is 0 Å². The molecule has 0 saturated carbocycles. The third kappa shape index (κ3) is 5.42. The molecule has 1 heterocycles. The summed E-state index contributed by atoms with van der Waals surface area (Å²) in [6.07, 6.45) is 5.93. The molecule has 2 aromatic rings. The van der Waals surface area contributed by atoms with E-state index in [2.05, 4.69) is 21.8 Å². The van der Waals surface area contributed by atoms with Crippen molar-refractivity contribution in [3.8, 4) is 0 Å². The summed E-state index contributed by atoms with van der Waals surface area (Å²) in [5, 5.41) is 1.59. The van der Waals surface area contributed by atoms with Crippen LogP contribution in [0.4, 0.5) is 5.69 Å². The van der Waals surface area contributed by atoms with Gasteiger partial charge in [-0.15, -0.1) is 0 Å². The van der Waals surface area contributed by atoms with Gasteiger partial charge >= 0.3 is 0 Å². The molecule has 1 aromatic carbocycles. The van der Waals surface area contributed by atoms with E-state index in [0.717, 1.165) is 21.5 Å². The molecule has 0 bridgehead atoms. The van der Waals surface area contributed by atoms with Gasteiger partial charge in [-0.2, -0.15) is 0 Å². The Morgan fingerprint density at radius 3 is 2.52 bits per heavy atom. The van der Waals surface area contributed by atoms with Crippen molar-refractivity contribution in [1.29, 1.82) is 0 Å². The molecular weight excluding hydrogens is 336 g/mol. The van der Waals surface area contributed by atoms with Crippen LogP contribution in [0.1, 0.15) is 11.3 Å². The van der Waals surface area contributed by atoms with Crippen molar-refractivity contribution in [1.82, 2.24) is 5.43 Å². The maximum absolute atomic E-state index is 8.94. The lowest BCUT2D eigenvalue weighted by molar-refractivity contribution is -0.109. The van der Waals surface area contributed by atoms with Gasteiger partial charge in [-0.1, -0.05) is 22.0 Å². The van der Waals surface area contributed by atoms with Crippen LogP contribution in [-0.2, 0) is 4.79 Å². The molecule has 0 unspecified atom stereocenters. The molecule has 0 saturated heterocycles. The fraction of sp³-hybridized carbons (Fsp3) is 0.0714. The fourth-order valence-corrected chi connectivity index (χ4v) is 2.04. The minimum absolute atomic E-state index is 0.403. The van der Waals surface area contributed by atoms with Crippen LogP contribution in [0.15, 0.2) is 45.5 Å². The third-order valence-electron chi connectivity index (χ3n) is 2.44. The number of furan rings is 1. The Morgan fingerprint density at radius 1 is 1.29 bits per heavy atom. The summed E-state index contributed by atoms with van der Waals surface area (Å²) in [7, 11) is 1.81. The molecule has 0 aliphatic carbocycles. The normalized spacial score (nSPS) is 9.90. The Morgan fingerprint density at radius 2 is 2.00 bits per heavy atom. The molecule has 1 amide bonds. The Bertz CT molecular complexity index is 583. The number of carbonyl (C=O) groups excluding carboxylic acids is 1. The number of benzene rings is 1. The maximum Gasteiger partial charge on any atom is 0.221 e. The predicted molar refractivity (Wildman–Crippen MR) is 87.8 cm³/mol. The second-order valence-corrected chi connectivity index (χ2v) is 4.77. The van der Waals surface area contributed by atoms with E-state index in [4.69, 9.17) is 15.1 Å². The first-order chi connectivity index (χ1) is 10.1. The van der Waals surface area contributed by atoms with E-state index >= 15 is 0 Å². The number of hydrogen-bond donors (Lipinski definition) is 3. The predicted octanol–water partition coefficient (Wildman–Crippen LogP) is 2.13. The zero-order valence-electron chi connectivity index (χ0n) is 11.5. The fourth-order valence-electron chi connectivity index (χ4n) is 1.55. The zero-order chi connectivity index (χ0) is 15.7. The number of amides is 1. The van der Waals surface area contributed by atoms with Gasteiger partial charge in [-0.25, -0.2) is 11.7 Å². The smallest absolute Gasteiger partial charge is 0.221 e. The topological polar surface area (TPSA) is 97.5 Å². The number of anilines is 1. The molecule has 21 heavy (non-hydrogen) atoms. The molecule has 0 atom stereocenters. The molecule has 5 N–H and O–H groups in total. The summed E-state index contributed by atoms with van der Waals surface area (Å²) in [5.41, 5.74) is 3.72. The summed E-state index contributed by atoms with van der Waals surface area (Å²) in [6.45, 7) is 0. The van der Waals surface area contributed by atoms with Crippen LogP contribution in [0.25, 0.3) is 12.2 Å². The van der Waals surface area contributed by atoms with E-state index in [0.29, 0.717) is 6.41 Å². The number of nitrogens with one attached hydrogen (secondary N) is 1. The lowest BCUT2D eigenvalue weighted by atomic mass is 10.1. The minimum Gasteiger partial charge on any atom is -0.465 e. The van der Waals surface area contributed by atoms with Gasteiger partial charge < -0.3 is 9.43 Å². The van der Waals surface area contributed by atoms with Crippen molar-refractivity contribution in [2.75, 3.05) is 12.1 Å². The highest BCUT2D eigenvalue weighted by Crippen LogP contribution is 2.28. The Balaban J connectivity index is 0.000000491. The molecule has 0 fully saturated rings. The SMILES string of the molecule is CN(N)c1cccc(Br)c1/C=C/c1ccco1.NNC=O. The molecule has 1 aromatic heterocycles. The Hall–Kier alpha value is -2.09. The molecule has 0 aliphatic heterocycles. The number of hydrazine groups is 2. The van der Waals surface area contributed by atoms with Crippen molar-refractivity contribution in [2.24, 2.45) is 11.7 Å². The van der Waals surface area contributed by atoms with Gasteiger partial charge in [0.25, 0.3) is 0 Å². The Kier molecular flexibility index (Phi) is 7.24. The monoisotopic (exact) mass is 352 g/mol. The molecule has 7 heteroatoms. The first-order valence-electron chi connectivity index (χ1n) is 5.98. The molecule has 2 rings (SSSR count). The van der Waals surface area contributed by atoms with Gasteiger partial charge in [0.2, 0.25) is 6.41 Å². The molecule has 6 nitrogen and oxygen atoms in total. The number of hydrogen-bond acceptors (Lipinski definition) is 5. The van der Waals surface area contributed by atoms with Crippen LogP contribution in [0.5, 0.6) is 0 Å². The standard InChI is InChI=1S/C13H13BrN2O.CH4N2O/c1-16(15)13-6-2-5-12(14)11(13)8-7-10-4-3-9-17-10;2-3-1-4/h2-9H,15H2,1H3;1H,2H2,(H,3,4)/b8-7+;. The zero-order valence-corrected chi connectivity index (χ0v) is 13.1. The lowest BCUT2D eigenvalue weighted by Gasteiger charge is -2.16. The van der Waals surface area contributed by atoms with E-state index in [1.54, 1.807) is 16.7 Å². The van der Waals surface area contributed by atoms with E-state index in [-0.39, 0.29) is 0 Å². The summed E-state index contributed by atoms with van der Waals surface area (Å²) < 4.78 is 6.24. The number of halogens is 1. The molecule has 0 aliphatic rings. The van der Waals surface area contributed by atoms with E-state index < -0.39 is 0 Å². The Labute approximate surface area is 131 Å². The highest BCUT2D eigenvalue weighted by Gasteiger charge is 2.05. The lowest BCUT2D eigenvalue weighted by Crippen LogP contribution is -2.25. The van der Waals surface area contributed by atoms with Gasteiger partial charge in [0.1, 0.15) is 5.76 Å². The van der Waals surface area contributed by atoms with Crippen LogP contribution in [0, 0.1) is 0 Å². The summed E-state index contributed by atoms with van der Waals surface area (Å²) in [5.74, 6) is 11.0. The van der Waals surface area contributed by atoms with Gasteiger partial charge in [0, 0.05) is 17.1 Å². The van der Waals surface area contributed by atoms with Crippen molar-refractivity contribution in [2.45, 2.75) is 0 Å². The van der Waals surface area contributed by atoms with E-state index in [1.807, 2.05) is 49.5 Å². The summed E-state index contributed by atoms with van der Waals surface area (Å²) in [6, 6.07) is 9.66. The van der Waals surface area contributed by atoms with Crippen LogP contribution >= 0.6 is 15.9 Å². The maximum atomic E-state index is 8.94. The molecule has 0 spiro atoms. The van der Waals surface area contributed by atoms with Crippen molar-refractivity contribution < 1.29 is 9.21 Å². The van der Waals surface area contributed by atoms with Gasteiger partial charge in [-0.05, 0) is 36.4 Å². The first-order valence-corrected chi connectivity index (χ1v) is 6.77. The van der Waals surface area contributed by atoms with Crippen molar-refractivity contribution in [3.63, 3.8) is 0 Å². The van der Waals surface area contributed by atoms with Gasteiger partial charge in [0.05, 0.1) is 12.0 Å². The second kappa shape index (κ2) is 8.96.